The summed E-state index contributed by atoms with van der Waals surface area (Å²) in [6.07, 6.45) is 5.40. The molecule has 2 rings (SSSR count). The molecule has 0 radical (unpaired) electrons. The van der Waals surface area contributed by atoms with E-state index in [4.69, 9.17) is 11.5 Å². The van der Waals surface area contributed by atoms with Gasteiger partial charge in [0.2, 0.25) is 11.8 Å². The van der Waals surface area contributed by atoms with E-state index in [9.17, 15) is 14.0 Å². The maximum Gasteiger partial charge on any atom is 0.248 e. The maximum atomic E-state index is 13.8. The molecule has 128 valence electrons. The number of halogens is 2. The molecule has 1 aromatic rings. The fourth-order valence-corrected chi connectivity index (χ4v) is 3.06. The molecule has 5 N–H and O–H groups in total. The van der Waals surface area contributed by atoms with Crippen molar-refractivity contribution in [3.05, 3.63) is 29.6 Å². The molecule has 0 aliphatic heterocycles. The molecule has 1 aromatic carbocycles. The number of nitrogens with two attached hydrogens (primary N) is 2. The van der Waals surface area contributed by atoms with Crippen LogP contribution in [0.3, 0.4) is 0 Å². The number of hydrogen-bond acceptors (Lipinski definition) is 3. The van der Waals surface area contributed by atoms with E-state index in [0.717, 1.165) is 31.7 Å². The maximum absolute atomic E-state index is 13.8. The SMILES string of the molecule is Cl.NCC1(CC(=O)Nc2cc(C(N)=O)ccc2F)CCCCC1. The van der Waals surface area contributed by atoms with Crippen LogP contribution in [0.25, 0.3) is 0 Å². The van der Waals surface area contributed by atoms with Crippen LogP contribution in [-0.4, -0.2) is 18.4 Å². The largest absolute Gasteiger partial charge is 0.366 e. The van der Waals surface area contributed by atoms with Gasteiger partial charge in [0.25, 0.3) is 0 Å². The summed E-state index contributed by atoms with van der Waals surface area (Å²) in [7, 11) is 0. The highest BCUT2D eigenvalue weighted by atomic mass is 35.5. The van der Waals surface area contributed by atoms with Gasteiger partial charge >= 0.3 is 0 Å². The summed E-state index contributed by atoms with van der Waals surface area (Å²) in [5.74, 6) is -1.54. The first-order valence-electron chi connectivity index (χ1n) is 7.55. The van der Waals surface area contributed by atoms with Crippen molar-refractivity contribution in [3.8, 4) is 0 Å². The van der Waals surface area contributed by atoms with Crippen LogP contribution in [0.5, 0.6) is 0 Å². The predicted octanol–water partition coefficient (Wildman–Crippen LogP) is 2.58. The molecule has 23 heavy (non-hydrogen) atoms. The number of amides is 2. The first kappa shape index (κ1) is 19.4. The summed E-state index contributed by atoms with van der Waals surface area (Å²) in [5.41, 5.74) is 11.0. The molecule has 1 aliphatic rings. The highest BCUT2D eigenvalue weighted by Gasteiger charge is 2.33. The lowest BCUT2D eigenvalue weighted by Crippen LogP contribution is -2.36. The molecule has 0 atom stereocenters. The van der Waals surface area contributed by atoms with Crippen LogP contribution in [0.2, 0.25) is 0 Å². The number of hydrogen-bond donors (Lipinski definition) is 3. The van der Waals surface area contributed by atoms with E-state index >= 15 is 0 Å². The summed E-state index contributed by atoms with van der Waals surface area (Å²) in [6.45, 7) is 0.449. The summed E-state index contributed by atoms with van der Waals surface area (Å²) in [4.78, 5) is 23.4. The lowest BCUT2D eigenvalue weighted by Gasteiger charge is -2.35. The standard InChI is InChI=1S/C16H22FN3O2.ClH/c17-12-5-4-11(15(19)22)8-13(12)20-14(21)9-16(10-18)6-2-1-3-7-16;/h4-5,8H,1-3,6-7,9-10,18H2,(H2,19,22)(H,20,21);1H. The Labute approximate surface area is 141 Å². The second kappa shape index (κ2) is 8.26. The Balaban J connectivity index is 0.00000264. The molecular formula is C16H23ClFN3O2. The van der Waals surface area contributed by atoms with Gasteiger partial charge in [-0.2, -0.15) is 0 Å². The van der Waals surface area contributed by atoms with E-state index in [1.54, 1.807) is 0 Å². The van der Waals surface area contributed by atoms with Gasteiger partial charge in [-0.05, 0) is 43.0 Å². The lowest BCUT2D eigenvalue weighted by molar-refractivity contribution is -0.118. The van der Waals surface area contributed by atoms with E-state index < -0.39 is 11.7 Å². The van der Waals surface area contributed by atoms with Crippen LogP contribution in [0.4, 0.5) is 10.1 Å². The topological polar surface area (TPSA) is 98.2 Å². The Morgan fingerprint density at radius 2 is 1.87 bits per heavy atom. The fraction of sp³-hybridized carbons (Fsp3) is 0.500. The van der Waals surface area contributed by atoms with Crippen LogP contribution < -0.4 is 16.8 Å². The molecule has 1 fully saturated rings. The zero-order valence-electron chi connectivity index (χ0n) is 12.9. The average Bonchev–Trinajstić information content (AvgIpc) is 2.50. The minimum atomic E-state index is -0.666. The van der Waals surface area contributed by atoms with Gasteiger partial charge in [0, 0.05) is 12.0 Å². The van der Waals surface area contributed by atoms with Crippen LogP contribution in [0.15, 0.2) is 18.2 Å². The van der Waals surface area contributed by atoms with Crippen LogP contribution in [0, 0.1) is 11.2 Å². The number of nitrogens with one attached hydrogen (secondary N) is 1. The van der Waals surface area contributed by atoms with Crippen molar-refractivity contribution in [1.29, 1.82) is 0 Å². The van der Waals surface area contributed by atoms with Gasteiger partial charge in [-0.25, -0.2) is 4.39 Å². The predicted molar refractivity (Wildman–Crippen MR) is 90.0 cm³/mol. The monoisotopic (exact) mass is 343 g/mol. The summed E-state index contributed by atoms with van der Waals surface area (Å²) >= 11 is 0. The van der Waals surface area contributed by atoms with E-state index in [-0.39, 0.29) is 41.4 Å². The van der Waals surface area contributed by atoms with E-state index in [0.29, 0.717) is 6.54 Å². The highest BCUT2D eigenvalue weighted by Crippen LogP contribution is 2.38. The zero-order chi connectivity index (χ0) is 16.2. The summed E-state index contributed by atoms with van der Waals surface area (Å²) in [6, 6.07) is 3.66. The lowest BCUT2D eigenvalue weighted by atomic mass is 9.71. The van der Waals surface area contributed by atoms with Crippen molar-refractivity contribution < 1.29 is 14.0 Å². The minimum Gasteiger partial charge on any atom is -0.366 e. The Morgan fingerprint density at radius 3 is 2.43 bits per heavy atom. The highest BCUT2D eigenvalue weighted by molar-refractivity contribution is 5.96. The molecule has 1 aliphatic carbocycles. The fourth-order valence-electron chi connectivity index (χ4n) is 3.06. The van der Waals surface area contributed by atoms with Crippen LogP contribution in [-0.2, 0) is 4.79 Å². The molecule has 2 amide bonds. The summed E-state index contributed by atoms with van der Waals surface area (Å²) < 4.78 is 13.8. The Kier molecular flexibility index (Phi) is 6.97. The third-order valence-electron chi connectivity index (χ3n) is 4.41. The van der Waals surface area contributed by atoms with Crippen molar-refractivity contribution >= 4 is 29.9 Å². The van der Waals surface area contributed by atoms with Crippen molar-refractivity contribution in [2.75, 3.05) is 11.9 Å². The third kappa shape index (κ3) is 4.91. The number of benzene rings is 1. The van der Waals surface area contributed by atoms with E-state index in [1.807, 2.05) is 0 Å². The normalized spacial score (nSPS) is 16.3. The number of carbonyl (C=O) groups excluding carboxylic acids is 2. The third-order valence-corrected chi connectivity index (χ3v) is 4.41. The van der Waals surface area contributed by atoms with Crippen LogP contribution in [0.1, 0.15) is 48.9 Å². The van der Waals surface area contributed by atoms with E-state index in [1.165, 1.54) is 18.6 Å². The molecule has 1 saturated carbocycles. The number of carbonyl (C=O) groups is 2. The quantitative estimate of drug-likeness (QED) is 0.766. The van der Waals surface area contributed by atoms with Crippen molar-refractivity contribution in [2.24, 2.45) is 16.9 Å². The molecule has 0 spiro atoms. The molecular weight excluding hydrogens is 321 g/mol. The zero-order valence-corrected chi connectivity index (χ0v) is 13.8. The Morgan fingerprint density at radius 1 is 1.22 bits per heavy atom. The van der Waals surface area contributed by atoms with Gasteiger partial charge in [0.1, 0.15) is 5.82 Å². The van der Waals surface area contributed by atoms with Gasteiger partial charge in [-0.15, -0.1) is 12.4 Å². The van der Waals surface area contributed by atoms with Crippen LogP contribution >= 0.6 is 12.4 Å². The molecule has 0 unspecified atom stereocenters. The van der Waals surface area contributed by atoms with Crippen molar-refractivity contribution in [1.82, 2.24) is 0 Å². The van der Waals surface area contributed by atoms with Crippen molar-refractivity contribution in [2.45, 2.75) is 38.5 Å². The van der Waals surface area contributed by atoms with Gasteiger partial charge in [-0.1, -0.05) is 19.3 Å². The van der Waals surface area contributed by atoms with Gasteiger partial charge < -0.3 is 16.8 Å². The molecule has 0 bridgehead atoms. The first-order chi connectivity index (χ1) is 10.5. The second-order valence-electron chi connectivity index (χ2n) is 6.05. The van der Waals surface area contributed by atoms with Gasteiger partial charge in [-0.3, -0.25) is 9.59 Å². The number of primary amides is 1. The molecule has 0 aromatic heterocycles. The van der Waals surface area contributed by atoms with Gasteiger partial charge in [0.15, 0.2) is 0 Å². The molecule has 0 heterocycles. The van der Waals surface area contributed by atoms with Gasteiger partial charge in [0.05, 0.1) is 5.69 Å². The minimum absolute atomic E-state index is 0. The van der Waals surface area contributed by atoms with E-state index in [2.05, 4.69) is 5.32 Å². The number of anilines is 1. The average molecular weight is 344 g/mol. The Bertz CT molecular complexity index is 574. The van der Waals surface area contributed by atoms with Crippen molar-refractivity contribution in [3.63, 3.8) is 0 Å². The molecule has 0 saturated heterocycles. The number of rotatable bonds is 5. The second-order valence-corrected chi connectivity index (χ2v) is 6.05. The first-order valence-corrected chi connectivity index (χ1v) is 7.55. The summed E-state index contributed by atoms with van der Waals surface area (Å²) in [5, 5.41) is 2.53. The molecule has 5 nitrogen and oxygen atoms in total. The molecule has 7 heteroatoms. The Hall–Kier alpha value is -1.66. The smallest absolute Gasteiger partial charge is 0.248 e.